The second-order valence-corrected chi connectivity index (χ2v) is 9.26. The van der Waals surface area contributed by atoms with Gasteiger partial charge in [-0.3, -0.25) is 9.59 Å². The fourth-order valence-corrected chi connectivity index (χ4v) is 4.73. The molecule has 0 aromatic heterocycles. The van der Waals surface area contributed by atoms with Crippen molar-refractivity contribution in [1.29, 1.82) is 0 Å². The maximum absolute atomic E-state index is 13.2. The van der Waals surface area contributed by atoms with Crippen LogP contribution < -0.4 is 5.32 Å². The van der Waals surface area contributed by atoms with Crippen molar-refractivity contribution in [2.75, 3.05) is 12.3 Å². The number of hydrogen-bond donors (Lipinski definition) is 1. The summed E-state index contributed by atoms with van der Waals surface area (Å²) in [5, 5.41) is 4.12. The summed E-state index contributed by atoms with van der Waals surface area (Å²) >= 11 is 13.9. The molecule has 0 aliphatic rings. The molecule has 0 aliphatic carbocycles. The number of carbonyl (C=O) groups excluding carboxylic acids is 2. The molecule has 2 aromatic carbocycles. The molecule has 31 heavy (non-hydrogen) atoms. The van der Waals surface area contributed by atoms with Crippen LogP contribution in [0.5, 0.6) is 0 Å². The van der Waals surface area contributed by atoms with Crippen LogP contribution in [0.15, 0.2) is 42.5 Å². The average Bonchev–Trinajstić information content (AvgIpc) is 2.74. The first-order valence-electron chi connectivity index (χ1n) is 10.5. The van der Waals surface area contributed by atoms with Crippen molar-refractivity contribution < 1.29 is 9.59 Å². The van der Waals surface area contributed by atoms with Gasteiger partial charge in [0.1, 0.15) is 6.04 Å². The lowest BCUT2D eigenvalue weighted by Crippen LogP contribution is -2.48. The Kier molecular flexibility index (Phi) is 10.7. The second kappa shape index (κ2) is 13.0. The molecule has 2 amide bonds. The van der Waals surface area contributed by atoms with Crippen LogP contribution in [0.25, 0.3) is 0 Å². The molecular weight excluding hydrogens is 451 g/mol. The summed E-state index contributed by atoms with van der Waals surface area (Å²) in [6.07, 6.45) is 1.92. The number of benzene rings is 2. The largest absolute Gasteiger partial charge is 0.354 e. The molecule has 168 valence electrons. The summed E-state index contributed by atoms with van der Waals surface area (Å²) in [7, 11) is 0. The van der Waals surface area contributed by atoms with Crippen molar-refractivity contribution in [3.05, 3.63) is 69.2 Å². The van der Waals surface area contributed by atoms with Crippen LogP contribution in [0.4, 0.5) is 0 Å². The Bertz CT molecular complexity index is 871. The molecule has 0 radical (unpaired) electrons. The lowest BCUT2D eigenvalue weighted by atomic mass is 10.1. The highest BCUT2D eigenvalue weighted by atomic mass is 35.5. The second-order valence-electron chi connectivity index (χ2n) is 7.46. The fourth-order valence-electron chi connectivity index (χ4n) is 3.08. The zero-order valence-corrected chi connectivity index (χ0v) is 20.6. The zero-order valence-electron chi connectivity index (χ0n) is 18.3. The summed E-state index contributed by atoms with van der Waals surface area (Å²) in [4.78, 5) is 27.5. The number of aryl methyl sites for hydroxylation is 1. The van der Waals surface area contributed by atoms with Gasteiger partial charge in [-0.2, -0.15) is 0 Å². The van der Waals surface area contributed by atoms with Crippen LogP contribution in [-0.4, -0.2) is 35.1 Å². The Labute approximate surface area is 199 Å². The summed E-state index contributed by atoms with van der Waals surface area (Å²) in [5.74, 6) is 0.545. The normalized spacial score (nSPS) is 11.8. The Balaban J connectivity index is 2.09. The van der Waals surface area contributed by atoms with E-state index in [1.807, 2.05) is 31.2 Å². The summed E-state index contributed by atoms with van der Waals surface area (Å²) in [6, 6.07) is 12.7. The Morgan fingerprint density at radius 3 is 2.42 bits per heavy atom. The molecule has 0 heterocycles. The number of halogens is 2. The van der Waals surface area contributed by atoms with Gasteiger partial charge >= 0.3 is 0 Å². The van der Waals surface area contributed by atoms with Crippen LogP contribution in [0.2, 0.25) is 10.0 Å². The quantitative estimate of drug-likeness (QED) is 0.409. The molecule has 0 unspecified atom stereocenters. The van der Waals surface area contributed by atoms with Crippen molar-refractivity contribution in [3.8, 4) is 0 Å². The van der Waals surface area contributed by atoms with E-state index in [0.29, 0.717) is 28.9 Å². The third-order valence-electron chi connectivity index (χ3n) is 5.13. The fraction of sp³-hybridized carbons (Fsp3) is 0.417. The van der Waals surface area contributed by atoms with Gasteiger partial charge in [0.05, 0.1) is 5.75 Å². The van der Waals surface area contributed by atoms with Gasteiger partial charge in [-0.15, -0.1) is 11.8 Å². The van der Waals surface area contributed by atoms with Crippen molar-refractivity contribution in [2.45, 2.75) is 52.0 Å². The lowest BCUT2D eigenvalue weighted by Gasteiger charge is -2.29. The molecule has 0 aliphatic heterocycles. The third kappa shape index (κ3) is 7.74. The van der Waals surface area contributed by atoms with E-state index >= 15 is 0 Å². The molecule has 0 spiro atoms. The minimum atomic E-state index is -0.562. The van der Waals surface area contributed by atoms with Gasteiger partial charge in [0.15, 0.2) is 0 Å². The molecule has 0 fully saturated rings. The first-order chi connectivity index (χ1) is 14.8. The van der Waals surface area contributed by atoms with Gasteiger partial charge in [0, 0.05) is 28.9 Å². The van der Waals surface area contributed by atoms with Gasteiger partial charge < -0.3 is 10.2 Å². The monoisotopic (exact) mass is 480 g/mol. The molecule has 2 rings (SSSR count). The number of amides is 2. The number of nitrogens with one attached hydrogen (secondary N) is 1. The molecule has 0 saturated carbocycles. The predicted octanol–water partition coefficient (Wildman–Crippen LogP) is 5.87. The van der Waals surface area contributed by atoms with Crippen LogP contribution in [-0.2, 0) is 21.9 Å². The van der Waals surface area contributed by atoms with Crippen LogP contribution >= 0.6 is 35.0 Å². The highest BCUT2D eigenvalue weighted by Crippen LogP contribution is 2.28. The minimum Gasteiger partial charge on any atom is -0.354 e. The van der Waals surface area contributed by atoms with E-state index < -0.39 is 6.04 Å². The third-order valence-corrected chi connectivity index (χ3v) is 6.78. The van der Waals surface area contributed by atoms with Crippen molar-refractivity contribution in [3.63, 3.8) is 0 Å². The molecular formula is C24H30Cl2N2O2S. The Morgan fingerprint density at radius 2 is 1.77 bits per heavy atom. The highest BCUT2D eigenvalue weighted by molar-refractivity contribution is 7.99. The van der Waals surface area contributed by atoms with E-state index in [1.54, 1.807) is 30.0 Å². The molecule has 4 nitrogen and oxygen atoms in total. The maximum Gasteiger partial charge on any atom is 0.242 e. The molecule has 2 aromatic rings. The van der Waals surface area contributed by atoms with E-state index in [0.717, 1.165) is 29.5 Å². The van der Waals surface area contributed by atoms with Gasteiger partial charge in [-0.05, 0) is 49.1 Å². The minimum absolute atomic E-state index is 0.0884. The Hall–Kier alpha value is -1.69. The van der Waals surface area contributed by atoms with E-state index in [9.17, 15) is 9.59 Å². The molecule has 0 bridgehead atoms. The highest BCUT2D eigenvalue weighted by Gasteiger charge is 2.26. The topological polar surface area (TPSA) is 49.4 Å². The van der Waals surface area contributed by atoms with Crippen LogP contribution in [0, 0.1) is 6.92 Å². The van der Waals surface area contributed by atoms with Crippen LogP contribution in [0.1, 0.15) is 43.4 Å². The molecule has 7 heteroatoms. The average molecular weight is 481 g/mol. The number of unbranched alkanes of at least 4 members (excludes halogenated alkanes) is 1. The van der Waals surface area contributed by atoms with Gasteiger partial charge in [-0.25, -0.2) is 0 Å². The van der Waals surface area contributed by atoms with E-state index in [-0.39, 0.29) is 17.6 Å². The number of hydrogen-bond acceptors (Lipinski definition) is 3. The van der Waals surface area contributed by atoms with E-state index in [2.05, 4.69) is 12.2 Å². The Morgan fingerprint density at radius 1 is 1.10 bits per heavy atom. The number of rotatable bonds is 11. The summed E-state index contributed by atoms with van der Waals surface area (Å²) in [5.41, 5.74) is 2.94. The number of carbonyl (C=O) groups is 2. The van der Waals surface area contributed by atoms with Crippen molar-refractivity contribution >= 4 is 46.8 Å². The van der Waals surface area contributed by atoms with E-state index in [4.69, 9.17) is 23.2 Å². The van der Waals surface area contributed by atoms with Crippen molar-refractivity contribution in [2.24, 2.45) is 0 Å². The predicted molar refractivity (Wildman–Crippen MR) is 132 cm³/mol. The zero-order chi connectivity index (χ0) is 22.8. The summed E-state index contributed by atoms with van der Waals surface area (Å²) in [6.45, 7) is 6.88. The van der Waals surface area contributed by atoms with Crippen molar-refractivity contribution in [1.82, 2.24) is 10.2 Å². The standard InChI is InChI=1S/C24H30Cl2N2O2S/c1-4-5-13-27-24(30)18(3)28(14-19-10-7-6-9-17(19)2)23(29)16-31-15-20-21(25)11-8-12-22(20)26/h6-12,18H,4-5,13-16H2,1-3H3,(H,27,30)/t18-/m0/s1. The SMILES string of the molecule is CCCCNC(=O)[C@H](C)N(Cc1ccccc1C)C(=O)CSCc1c(Cl)cccc1Cl. The van der Waals surface area contributed by atoms with Gasteiger partial charge in [-0.1, -0.05) is 66.9 Å². The smallest absolute Gasteiger partial charge is 0.242 e. The molecule has 1 N–H and O–H groups in total. The van der Waals surface area contributed by atoms with E-state index in [1.165, 1.54) is 11.8 Å². The lowest BCUT2D eigenvalue weighted by molar-refractivity contribution is -0.138. The number of thioether (sulfide) groups is 1. The first kappa shape index (κ1) is 25.6. The number of nitrogens with zero attached hydrogens (tertiary/aromatic N) is 1. The van der Waals surface area contributed by atoms with Crippen LogP contribution in [0.3, 0.4) is 0 Å². The molecule has 1 atom stereocenters. The molecule has 0 saturated heterocycles. The summed E-state index contributed by atoms with van der Waals surface area (Å²) < 4.78 is 0. The van der Waals surface area contributed by atoms with Gasteiger partial charge in [0.25, 0.3) is 0 Å². The maximum atomic E-state index is 13.2. The van der Waals surface area contributed by atoms with Gasteiger partial charge in [0.2, 0.25) is 11.8 Å². The first-order valence-corrected chi connectivity index (χ1v) is 12.4.